The number of benzene rings is 1. The van der Waals surface area contributed by atoms with Crippen LogP contribution in [0.4, 0.5) is 28.5 Å². The lowest BCUT2D eigenvalue weighted by molar-refractivity contribution is -0.138. The van der Waals surface area contributed by atoms with Crippen molar-refractivity contribution in [2.45, 2.75) is 57.9 Å². The van der Waals surface area contributed by atoms with Crippen LogP contribution in [0, 0.1) is 5.82 Å². The number of aromatic nitrogens is 3. The molecule has 0 bridgehead atoms. The number of carboxylic acid groups (broad SMARTS) is 1. The molecule has 0 radical (unpaired) electrons. The second kappa shape index (κ2) is 13.1. The summed E-state index contributed by atoms with van der Waals surface area (Å²) in [5, 5.41) is 11.7. The topological polar surface area (TPSA) is 115 Å². The fraction of sp³-hybridized carbons (Fsp3) is 0.483. The highest BCUT2D eigenvalue weighted by molar-refractivity contribution is 7.16. The zero-order valence-electron chi connectivity index (χ0n) is 24.3. The summed E-state index contributed by atoms with van der Waals surface area (Å²) >= 11 is 1.13. The van der Waals surface area contributed by atoms with Crippen molar-refractivity contribution in [3.05, 3.63) is 52.5 Å². The number of likely N-dealkylation sites (tertiary alicyclic amines) is 1. The second-order valence-electron chi connectivity index (χ2n) is 11.2. The SMILES string of the molecule is C[C@@H]1CC[C@@H](C)N1Cc1sc(NC(=O)c2cnc(N3CCN(CCC(=O)O)CC3)cn2)nc1-c1cc(F)cc(C(F)(F)F)c1. The van der Waals surface area contributed by atoms with Gasteiger partial charge in [0, 0.05) is 61.8 Å². The van der Waals surface area contributed by atoms with Crippen LogP contribution < -0.4 is 10.2 Å². The normalized spacial score (nSPS) is 19.8. The lowest BCUT2D eigenvalue weighted by atomic mass is 10.1. The summed E-state index contributed by atoms with van der Waals surface area (Å²) in [7, 11) is 0. The van der Waals surface area contributed by atoms with Crippen molar-refractivity contribution >= 4 is 34.2 Å². The van der Waals surface area contributed by atoms with Gasteiger partial charge in [-0.25, -0.2) is 19.3 Å². The van der Waals surface area contributed by atoms with Crippen LogP contribution in [0.3, 0.4) is 0 Å². The van der Waals surface area contributed by atoms with Crippen LogP contribution in [0.5, 0.6) is 0 Å². The number of halogens is 4. The summed E-state index contributed by atoms with van der Waals surface area (Å²) in [6.07, 6.45) is 0.132. The molecule has 3 aromatic rings. The van der Waals surface area contributed by atoms with Gasteiger partial charge in [0.15, 0.2) is 5.13 Å². The first-order valence-electron chi connectivity index (χ1n) is 14.3. The average molecular weight is 636 g/mol. The van der Waals surface area contributed by atoms with Crippen LogP contribution in [0.2, 0.25) is 0 Å². The molecule has 1 aromatic carbocycles. The molecule has 4 heterocycles. The van der Waals surface area contributed by atoms with E-state index >= 15 is 0 Å². The van der Waals surface area contributed by atoms with Gasteiger partial charge in [0.05, 0.1) is 30.1 Å². The number of carbonyl (C=O) groups excluding carboxylic acids is 1. The Morgan fingerprint density at radius 1 is 1.05 bits per heavy atom. The summed E-state index contributed by atoms with van der Waals surface area (Å²) in [6, 6.07) is 2.84. The van der Waals surface area contributed by atoms with Crippen molar-refractivity contribution in [1.29, 1.82) is 0 Å². The number of hydrogen-bond acceptors (Lipinski definition) is 9. The number of thiazole rings is 1. The van der Waals surface area contributed by atoms with Crippen LogP contribution in [-0.2, 0) is 17.5 Å². The van der Waals surface area contributed by atoms with E-state index in [1.54, 1.807) is 0 Å². The largest absolute Gasteiger partial charge is 0.481 e. The molecular formula is C29H33F4N7O3S. The van der Waals surface area contributed by atoms with Crippen molar-refractivity contribution in [2.75, 3.05) is 42.9 Å². The van der Waals surface area contributed by atoms with Crippen molar-refractivity contribution in [3.8, 4) is 11.3 Å². The summed E-state index contributed by atoms with van der Waals surface area (Å²) in [5.74, 6) is -1.87. The quantitative estimate of drug-likeness (QED) is 0.314. The first kappa shape index (κ1) is 31.7. The number of nitrogens with zero attached hydrogens (tertiary/aromatic N) is 6. The van der Waals surface area contributed by atoms with Gasteiger partial charge < -0.3 is 10.0 Å². The lowest BCUT2D eigenvalue weighted by Crippen LogP contribution is -2.47. The maximum Gasteiger partial charge on any atom is 0.416 e. The smallest absolute Gasteiger partial charge is 0.416 e. The third-order valence-corrected chi connectivity index (χ3v) is 9.04. The molecule has 2 atom stereocenters. The Kier molecular flexibility index (Phi) is 9.46. The van der Waals surface area contributed by atoms with Crippen LogP contribution >= 0.6 is 11.3 Å². The molecule has 10 nitrogen and oxygen atoms in total. The number of carboxylic acids is 1. The molecule has 15 heteroatoms. The number of carbonyl (C=O) groups is 2. The van der Waals surface area contributed by atoms with Gasteiger partial charge in [-0.1, -0.05) is 11.3 Å². The van der Waals surface area contributed by atoms with Crippen LogP contribution in [-0.4, -0.2) is 86.5 Å². The van der Waals surface area contributed by atoms with Gasteiger partial charge in [-0.15, -0.1) is 0 Å². The maximum absolute atomic E-state index is 14.3. The highest BCUT2D eigenvalue weighted by atomic mass is 32.1. The Balaban J connectivity index is 1.33. The van der Waals surface area contributed by atoms with Gasteiger partial charge in [-0.05, 0) is 44.9 Å². The molecule has 2 aromatic heterocycles. The Morgan fingerprint density at radius 3 is 2.36 bits per heavy atom. The van der Waals surface area contributed by atoms with Gasteiger partial charge >= 0.3 is 12.1 Å². The molecule has 0 unspecified atom stereocenters. The Bertz CT molecular complexity index is 1480. The van der Waals surface area contributed by atoms with Crippen molar-refractivity contribution in [3.63, 3.8) is 0 Å². The summed E-state index contributed by atoms with van der Waals surface area (Å²) in [4.78, 5) is 43.9. The van der Waals surface area contributed by atoms with E-state index in [1.165, 1.54) is 12.4 Å². The van der Waals surface area contributed by atoms with E-state index in [1.807, 2.05) is 4.90 Å². The van der Waals surface area contributed by atoms with Crippen molar-refractivity contribution in [2.24, 2.45) is 0 Å². The first-order chi connectivity index (χ1) is 20.9. The summed E-state index contributed by atoms with van der Waals surface area (Å²) < 4.78 is 54.8. The Morgan fingerprint density at radius 2 is 1.75 bits per heavy atom. The van der Waals surface area contributed by atoms with Crippen LogP contribution in [0.1, 0.15) is 54.0 Å². The standard InChI is InChI=1S/C29H33F4N7O3S/c1-17-3-4-18(2)40(17)16-23-26(19-11-20(29(31,32)33)13-21(30)12-19)36-28(44-23)37-27(43)22-14-35-24(15-34-22)39-9-7-38(8-10-39)6-5-25(41)42/h11-15,17-18H,3-10,16H2,1-2H3,(H,41,42)(H,36,37,43)/t17-,18-/m1/s1. The minimum atomic E-state index is -4.74. The molecule has 0 saturated carbocycles. The number of anilines is 2. The van der Waals surface area contributed by atoms with E-state index in [0.717, 1.165) is 36.3 Å². The average Bonchev–Trinajstić information content (AvgIpc) is 3.53. The van der Waals surface area contributed by atoms with Gasteiger partial charge in [0.1, 0.15) is 17.3 Å². The number of amides is 1. The minimum Gasteiger partial charge on any atom is -0.481 e. The molecule has 0 spiro atoms. The van der Waals surface area contributed by atoms with Crippen molar-refractivity contribution < 1.29 is 32.3 Å². The van der Waals surface area contributed by atoms with Gasteiger partial charge in [-0.3, -0.25) is 24.7 Å². The number of hydrogen-bond donors (Lipinski definition) is 2. The Hall–Kier alpha value is -3.69. The minimum absolute atomic E-state index is 0.0178. The number of piperazine rings is 1. The molecule has 2 aliphatic heterocycles. The summed E-state index contributed by atoms with van der Waals surface area (Å²) in [6.45, 7) is 7.66. The fourth-order valence-corrected chi connectivity index (χ4v) is 6.56. The molecule has 2 fully saturated rings. The number of aliphatic carboxylic acids is 1. The molecule has 2 aliphatic rings. The predicted octanol–water partition coefficient (Wildman–Crippen LogP) is 4.98. The van der Waals surface area contributed by atoms with Crippen LogP contribution in [0.15, 0.2) is 30.6 Å². The van der Waals surface area contributed by atoms with E-state index < -0.39 is 29.4 Å². The second-order valence-corrected chi connectivity index (χ2v) is 12.2. The third kappa shape index (κ3) is 7.50. The van der Waals surface area contributed by atoms with E-state index in [0.29, 0.717) is 56.0 Å². The number of nitrogens with one attached hydrogen (secondary N) is 1. The molecule has 1 amide bonds. The first-order valence-corrected chi connectivity index (χ1v) is 15.1. The molecular weight excluding hydrogens is 602 g/mol. The summed E-state index contributed by atoms with van der Waals surface area (Å²) in [5.41, 5.74) is -0.919. The van der Waals surface area contributed by atoms with E-state index in [4.69, 9.17) is 5.11 Å². The van der Waals surface area contributed by atoms with Gasteiger partial charge in [0.2, 0.25) is 0 Å². The fourth-order valence-electron chi connectivity index (χ4n) is 5.57. The van der Waals surface area contributed by atoms with E-state index in [-0.39, 0.29) is 40.6 Å². The zero-order chi connectivity index (χ0) is 31.6. The maximum atomic E-state index is 14.3. The molecule has 2 saturated heterocycles. The Labute approximate surface area is 255 Å². The lowest BCUT2D eigenvalue weighted by Gasteiger charge is -2.34. The van der Waals surface area contributed by atoms with Gasteiger partial charge in [-0.2, -0.15) is 13.2 Å². The zero-order valence-corrected chi connectivity index (χ0v) is 25.1. The van der Waals surface area contributed by atoms with E-state index in [2.05, 4.69) is 43.9 Å². The number of rotatable bonds is 9. The monoisotopic (exact) mass is 635 g/mol. The highest BCUT2D eigenvalue weighted by Crippen LogP contribution is 2.38. The van der Waals surface area contributed by atoms with Crippen molar-refractivity contribution in [1.82, 2.24) is 24.8 Å². The molecule has 44 heavy (non-hydrogen) atoms. The van der Waals surface area contributed by atoms with Gasteiger partial charge in [0.25, 0.3) is 5.91 Å². The molecule has 0 aliphatic carbocycles. The van der Waals surface area contributed by atoms with E-state index in [9.17, 15) is 27.2 Å². The molecule has 5 rings (SSSR count). The molecule has 2 N–H and O–H groups in total. The van der Waals surface area contributed by atoms with Crippen LogP contribution in [0.25, 0.3) is 11.3 Å². The predicted molar refractivity (Wildman–Crippen MR) is 157 cm³/mol. The highest BCUT2D eigenvalue weighted by Gasteiger charge is 2.33. The molecule has 236 valence electrons. The number of alkyl halides is 3. The third-order valence-electron chi connectivity index (χ3n) is 8.09.